The molecule has 0 unspecified atom stereocenters. The summed E-state index contributed by atoms with van der Waals surface area (Å²) in [5.41, 5.74) is 1.50. The van der Waals surface area contributed by atoms with Crippen molar-refractivity contribution in [3.63, 3.8) is 0 Å². The Morgan fingerprint density at radius 1 is 0.981 bits per heavy atom. The summed E-state index contributed by atoms with van der Waals surface area (Å²) in [5.74, 6) is -2.19. The molecule has 1 aromatic heterocycles. The van der Waals surface area contributed by atoms with Crippen LogP contribution in [0, 0.1) is 11.7 Å². The van der Waals surface area contributed by atoms with E-state index in [4.69, 9.17) is 4.74 Å². The van der Waals surface area contributed by atoms with Crippen LogP contribution in [0.15, 0.2) is 54.7 Å². The molecular weight excluding hydrogens is 691 g/mol. The summed E-state index contributed by atoms with van der Waals surface area (Å²) in [6.07, 6.45) is 8.50. The van der Waals surface area contributed by atoms with Crippen molar-refractivity contribution in [3.05, 3.63) is 77.4 Å². The summed E-state index contributed by atoms with van der Waals surface area (Å²) >= 11 is 0. The van der Waals surface area contributed by atoms with Crippen LogP contribution in [0.2, 0.25) is 0 Å². The lowest BCUT2D eigenvalue weighted by Crippen LogP contribution is -2.57. The number of amides is 4. The smallest absolute Gasteiger partial charge is 0.255 e. The molecule has 4 amide bonds. The summed E-state index contributed by atoms with van der Waals surface area (Å²) in [6.45, 7) is 5.28. The van der Waals surface area contributed by atoms with Crippen LogP contribution in [0.3, 0.4) is 0 Å². The zero-order valence-electron chi connectivity index (χ0n) is 31.9. The van der Waals surface area contributed by atoms with Gasteiger partial charge in [-0.15, -0.1) is 5.10 Å². The molecule has 292 valence electrons. The quantitative estimate of drug-likeness (QED) is 0.356. The molecule has 1 fully saturated rings. The van der Waals surface area contributed by atoms with Gasteiger partial charge in [0.15, 0.2) is 0 Å². The van der Waals surface area contributed by atoms with Crippen LogP contribution in [0.25, 0.3) is 0 Å². The second-order valence-corrected chi connectivity index (χ2v) is 14.9. The fourth-order valence-electron chi connectivity index (χ4n) is 7.19. The van der Waals surface area contributed by atoms with Crippen LogP contribution in [0.4, 0.5) is 4.39 Å². The van der Waals surface area contributed by atoms with E-state index in [0.717, 1.165) is 50.2 Å². The molecule has 4 atom stereocenters. The lowest BCUT2D eigenvalue weighted by Gasteiger charge is -2.34. The maximum atomic E-state index is 14.5. The van der Waals surface area contributed by atoms with Crippen molar-refractivity contribution in [3.8, 4) is 5.75 Å². The van der Waals surface area contributed by atoms with E-state index in [0.29, 0.717) is 38.0 Å². The number of carbonyl (C=O) groups excluding carboxylic acids is 4. The number of likely N-dealkylation sites (N-methyl/N-ethyl adjacent to an activating group) is 2. The van der Waals surface area contributed by atoms with Crippen molar-refractivity contribution < 1.29 is 28.3 Å². The van der Waals surface area contributed by atoms with E-state index in [2.05, 4.69) is 26.3 Å². The molecule has 2 aliphatic heterocycles. The van der Waals surface area contributed by atoms with Crippen molar-refractivity contribution in [2.45, 2.75) is 109 Å². The largest absolute Gasteiger partial charge is 0.486 e. The molecule has 1 saturated heterocycles. The molecular formula is C40H55FN8O5. The van der Waals surface area contributed by atoms with Crippen LogP contribution in [-0.2, 0) is 34.0 Å². The van der Waals surface area contributed by atoms with Gasteiger partial charge in [0.2, 0.25) is 17.7 Å². The average molecular weight is 747 g/mol. The van der Waals surface area contributed by atoms with Gasteiger partial charge >= 0.3 is 0 Å². The molecule has 3 N–H and O–H groups in total. The van der Waals surface area contributed by atoms with Gasteiger partial charge in [0.05, 0.1) is 11.8 Å². The summed E-state index contributed by atoms with van der Waals surface area (Å²) in [7, 11) is 3.41. The summed E-state index contributed by atoms with van der Waals surface area (Å²) in [5, 5.41) is 17.5. The van der Waals surface area contributed by atoms with E-state index in [1.54, 1.807) is 25.0 Å². The third-order valence-corrected chi connectivity index (χ3v) is 10.2. The van der Waals surface area contributed by atoms with Crippen LogP contribution in [-0.4, -0.2) is 99.8 Å². The fraction of sp³-hybridized carbons (Fsp3) is 0.550. The second kappa shape index (κ2) is 19.5. The molecule has 54 heavy (non-hydrogen) atoms. The average Bonchev–Trinajstić information content (AvgIpc) is 3.81. The highest BCUT2D eigenvalue weighted by Gasteiger charge is 2.44. The van der Waals surface area contributed by atoms with Crippen molar-refractivity contribution in [1.29, 1.82) is 0 Å². The zero-order valence-corrected chi connectivity index (χ0v) is 31.9. The summed E-state index contributed by atoms with van der Waals surface area (Å²) in [4.78, 5) is 59.6. The zero-order chi connectivity index (χ0) is 38.6. The maximum Gasteiger partial charge on any atom is 0.255 e. The molecule has 3 aromatic rings. The molecule has 2 aromatic carbocycles. The number of halogens is 1. The molecule has 13 nitrogen and oxygen atoms in total. The number of hydrogen-bond acceptors (Lipinski definition) is 8. The Morgan fingerprint density at radius 3 is 2.46 bits per heavy atom. The Labute approximate surface area is 317 Å². The van der Waals surface area contributed by atoms with Gasteiger partial charge in [-0.1, -0.05) is 75.1 Å². The molecule has 5 rings (SSSR count). The van der Waals surface area contributed by atoms with Gasteiger partial charge < -0.3 is 30.5 Å². The highest BCUT2D eigenvalue weighted by molar-refractivity contribution is 6.00. The highest BCUT2D eigenvalue weighted by Crippen LogP contribution is 2.26. The lowest BCUT2D eigenvalue weighted by molar-refractivity contribution is -0.147. The number of nitrogens with zero attached hydrogens (tertiary/aromatic N) is 5. The Kier molecular flexibility index (Phi) is 14.5. The first kappa shape index (κ1) is 40.3. The van der Waals surface area contributed by atoms with Crippen LogP contribution in [0.5, 0.6) is 5.75 Å². The van der Waals surface area contributed by atoms with Crippen LogP contribution in [0.1, 0.15) is 86.8 Å². The molecule has 3 heterocycles. The van der Waals surface area contributed by atoms with Crippen LogP contribution >= 0.6 is 0 Å². The topological polar surface area (TPSA) is 151 Å². The molecule has 0 saturated carbocycles. The fourth-order valence-corrected chi connectivity index (χ4v) is 7.19. The molecule has 0 aliphatic carbocycles. The van der Waals surface area contributed by atoms with E-state index in [1.807, 2.05) is 44.2 Å². The van der Waals surface area contributed by atoms with Crippen molar-refractivity contribution >= 4 is 23.6 Å². The minimum Gasteiger partial charge on any atom is -0.486 e. The third kappa shape index (κ3) is 10.9. The van der Waals surface area contributed by atoms with Gasteiger partial charge in [0, 0.05) is 45.2 Å². The van der Waals surface area contributed by atoms with Crippen molar-refractivity contribution in [1.82, 2.24) is 40.7 Å². The first-order valence-electron chi connectivity index (χ1n) is 19.2. The SMILES string of the molecule is CN[C@H]1C[C@@H]2C(=O)N(C)[C@@H](Cc3ccccc3)C(=O)NCCCCCCCCn3cc(nn3)COc3cc(F)ccc3C(=O)N[C@H](CC(C)C)C(=O)N2C1. The first-order chi connectivity index (χ1) is 26.0. The number of nitrogens with one attached hydrogen (secondary N) is 3. The van der Waals surface area contributed by atoms with Gasteiger partial charge in [-0.25, -0.2) is 4.39 Å². The Balaban J connectivity index is 1.44. The Bertz CT molecular complexity index is 1720. The predicted octanol–water partition coefficient (Wildman–Crippen LogP) is 3.87. The number of hydrogen-bond donors (Lipinski definition) is 3. The van der Waals surface area contributed by atoms with Gasteiger partial charge in [0.25, 0.3) is 5.91 Å². The standard InChI is InChI=1S/C40H55FN8O5/c1-27(2)20-33-39(52)49-25-30(42-3)23-35(49)40(53)47(4)34(21-28-14-10-9-11-15-28)38(51)43-18-12-7-5-6-8-13-19-48-24-31(45-46-48)26-54-36-22-29(41)16-17-32(36)37(50)44-33/h9-11,14-17,22,24,27,30,33-35,42H,5-8,12-13,18-21,23,25-26H2,1-4H3,(H,43,51)(H,44,50)/t30-,33+,34-,35+/m0/s1. The molecule has 0 spiro atoms. The lowest BCUT2D eigenvalue weighted by atomic mass is 10.0. The molecule has 14 heteroatoms. The number of aromatic nitrogens is 3. The Hall–Kier alpha value is -4.85. The van der Waals surface area contributed by atoms with E-state index < -0.39 is 35.8 Å². The second-order valence-electron chi connectivity index (χ2n) is 14.9. The predicted molar refractivity (Wildman–Crippen MR) is 202 cm³/mol. The summed E-state index contributed by atoms with van der Waals surface area (Å²) in [6, 6.07) is 10.4. The van der Waals surface area contributed by atoms with Crippen molar-refractivity contribution in [2.75, 3.05) is 27.2 Å². The van der Waals surface area contributed by atoms with Crippen LogP contribution < -0.4 is 20.7 Å². The molecule has 2 aliphatic rings. The van der Waals surface area contributed by atoms with E-state index in [1.165, 1.54) is 21.9 Å². The normalized spacial score (nSPS) is 23.0. The monoisotopic (exact) mass is 746 g/mol. The van der Waals surface area contributed by atoms with E-state index in [-0.39, 0.29) is 48.2 Å². The Morgan fingerprint density at radius 2 is 1.72 bits per heavy atom. The highest BCUT2D eigenvalue weighted by atomic mass is 19.1. The first-order valence-corrected chi connectivity index (χ1v) is 19.2. The van der Waals surface area contributed by atoms with E-state index in [9.17, 15) is 23.6 Å². The number of aryl methyl sites for hydroxylation is 1. The molecule has 2 bridgehead atoms. The van der Waals surface area contributed by atoms with Gasteiger partial charge in [-0.3, -0.25) is 23.9 Å². The number of ether oxygens (including phenoxy) is 1. The van der Waals surface area contributed by atoms with Crippen molar-refractivity contribution in [2.24, 2.45) is 5.92 Å². The third-order valence-electron chi connectivity index (χ3n) is 10.2. The number of carbonyl (C=O) groups is 4. The number of rotatable bonds is 5. The minimum atomic E-state index is -0.992. The number of fused-ring (bicyclic) bond motifs is 4. The van der Waals surface area contributed by atoms with Gasteiger partial charge in [-0.05, 0) is 56.3 Å². The minimum absolute atomic E-state index is 0.00427. The van der Waals surface area contributed by atoms with E-state index >= 15 is 0 Å². The van der Waals surface area contributed by atoms with Gasteiger partial charge in [-0.2, -0.15) is 0 Å². The number of benzene rings is 2. The van der Waals surface area contributed by atoms with Gasteiger partial charge in [0.1, 0.15) is 42.0 Å². The maximum absolute atomic E-state index is 14.5. The molecule has 0 radical (unpaired) electrons. The summed E-state index contributed by atoms with van der Waals surface area (Å²) < 4.78 is 22.1.